The molecule has 0 aliphatic carbocycles. The largest absolute Gasteiger partial charge is 0.493 e. The van der Waals surface area contributed by atoms with Crippen molar-refractivity contribution in [1.29, 1.82) is 0 Å². The molecular weight excluding hydrogens is 200 g/mol. The van der Waals surface area contributed by atoms with E-state index in [1.54, 1.807) is 0 Å². The fraction of sp³-hybridized carbons (Fsp3) is 0.538. The van der Waals surface area contributed by atoms with Crippen LogP contribution in [0.15, 0.2) is 18.2 Å². The lowest BCUT2D eigenvalue weighted by Gasteiger charge is -2.13. The Labute approximate surface area is 96.2 Å². The van der Waals surface area contributed by atoms with Gasteiger partial charge < -0.3 is 15.4 Å². The predicted octanol–water partition coefficient (Wildman–Crippen LogP) is 1.28. The lowest BCUT2D eigenvalue weighted by atomic mass is 10.1. The Kier molecular flexibility index (Phi) is 2.80. The summed E-state index contributed by atoms with van der Waals surface area (Å²) in [5, 5.41) is 6.73. The van der Waals surface area contributed by atoms with Crippen LogP contribution in [-0.2, 0) is 13.1 Å². The molecule has 0 bridgehead atoms. The highest BCUT2D eigenvalue weighted by Crippen LogP contribution is 2.26. The Balaban J connectivity index is 1.67. The number of nitrogens with one attached hydrogen (secondary N) is 2. The third kappa shape index (κ3) is 1.93. The number of fused-ring (bicyclic) bond motifs is 1. The zero-order chi connectivity index (χ0) is 10.8. The summed E-state index contributed by atoms with van der Waals surface area (Å²) in [5.74, 6) is 1.76. The summed E-state index contributed by atoms with van der Waals surface area (Å²) >= 11 is 0. The molecule has 3 rings (SSSR count). The Morgan fingerprint density at radius 1 is 1.25 bits per heavy atom. The van der Waals surface area contributed by atoms with Crippen LogP contribution in [0.5, 0.6) is 5.75 Å². The van der Waals surface area contributed by atoms with Gasteiger partial charge in [-0.05, 0) is 24.6 Å². The minimum absolute atomic E-state index is 0.685. The summed E-state index contributed by atoms with van der Waals surface area (Å²) in [6, 6.07) is 6.36. The molecular formula is C13H18N2O. The summed E-state index contributed by atoms with van der Waals surface area (Å²) < 4.78 is 5.95. The highest BCUT2D eigenvalue weighted by atomic mass is 16.5. The molecule has 3 heteroatoms. The second-order valence-electron chi connectivity index (χ2n) is 4.67. The molecule has 16 heavy (non-hydrogen) atoms. The Morgan fingerprint density at radius 2 is 2.25 bits per heavy atom. The number of rotatable bonds is 3. The van der Waals surface area contributed by atoms with Gasteiger partial charge >= 0.3 is 0 Å². The van der Waals surface area contributed by atoms with Gasteiger partial charge in [-0.25, -0.2) is 0 Å². The molecule has 1 fully saturated rings. The lowest BCUT2D eigenvalue weighted by Crippen LogP contribution is -2.16. The standard InChI is InChI=1S/C13H18N2O/c1-2-11-7-15-8-12(11)13(3-1)16-9-10-4-5-14-6-10/h1-3,10,14-15H,4-9H2. The minimum atomic E-state index is 0.685. The zero-order valence-corrected chi connectivity index (χ0v) is 9.46. The first kappa shape index (κ1) is 10.1. The fourth-order valence-corrected chi connectivity index (χ4v) is 2.50. The van der Waals surface area contributed by atoms with Gasteiger partial charge in [0.15, 0.2) is 0 Å². The molecule has 2 heterocycles. The summed E-state index contributed by atoms with van der Waals surface area (Å²) in [7, 11) is 0. The molecule has 0 saturated carbocycles. The van der Waals surface area contributed by atoms with Gasteiger partial charge in [0.2, 0.25) is 0 Å². The number of ether oxygens (including phenoxy) is 1. The lowest BCUT2D eigenvalue weighted by molar-refractivity contribution is 0.258. The van der Waals surface area contributed by atoms with Crippen molar-refractivity contribution in [2.24, 2.45) is 5.92 Å². The molecule has 1 unspecified atom stereocenters. The van der Waals surface area contributed by atoms with E-state index >= 15 is 0 Å². The molecule has 2 aliphatic rings. The van der Waals surface area contributed by atoms with Crippen LogP contribution < -0.4 is 15.4 Å². The van der Waals surface area contributed by atoms with E-state index in [9.17, 15) is 0 Å². The van der Waals surface area contributed by atoms with Gasteiger partial charge in [-0.2, -0.15) is 0 Å². The molecule has 2 aliphatic heterocycles. The first-order chi connectivity index (χ1) is 7.93. The molecule has 1 aromatic carbocycles. The van der Waals surface area contributed by atoms with E-state index in [0.29, 0.717) is 5.92 Å². The summed E-state index contributed by atoms with van der Waals surface area (Å²) in [5.41, 5.74) is 2.75. The SMILES string of the molecule is c1cc2c(c(OCC3CCNC3)c1)CNC2. The van der Waals surface area contributed by atoms with Crippen molar-refractivity contribution in [1.82, 2.24) is 10.6 Å². The maximum Gasteiger partial charge on any atom is 0.124 e. The molecule has 86 valence electrons. The molecule has 0 aromatic heterocycles. The van der Waals surface area contributed by atoms with Crippen molar-refractivity contribution in [2.45, 2.75) is 19.5 Å². The molecule has 2 N–H and O–H groups in total. The van der Waals surface area contributed by atoms with Gasteiger partial charge in [0.05, 0.1) is 6.61 Å². The maximum atomic E-state index is 5.95. The van der Waals surface area contributed by atoms with Crippen molar-refractivity contribution in [2.75, 3.05) is 19.7 Å². The monoisotopic (exact) mass is 218 g/mol. The Hall–Kier alpha value is -1.06. The Morgan fingerprint density at radius 3 is 3.12 bits per heavy atom. The van der Waals surface area contributed by atoms with Gasteiger partial charge in [-0.1, -0.05) is 12.1 Å². The van der Waals surface area contributed by atoms with Crippen molar-refractivity contribution >= 4 is 0 Å². The summed E-state index contributed by atoms with van der Waals surface area (Å²) in [6.07, 6.45) is 1.24. The van der Waals surface area contributed by atoms with Crippen molar-refractivity contribution in [3.8, 4) is 5.75 Å². The van der Waals surface area contributed by atoms with Crippen LogP contribution in [0.4, 0.5) is 0 Å². The van der Waals surface area contributed by atoms with Crippen molar-refractivity contribution in [3.05, 3.63) is 29.3 Å². The zero-order valence-electron chi connectivity index (χ0n) is 9.46. The predicted molar refractivity (Wildman–Crippen MR) is 63.5 cm³/mol. The third-order valence-corrected chi connectivity index (χ3v) is 3.48. The van der Waals surface area contributed by atoms with Gasteiger partial charge in [-0.3, -0.25) is 0 Å². The van der Waals surface area contributed by atoms with E-state index in [0.717, 1.165) is 38.5 Å². The van der Waals surface area contributed by atoms with Crippen molar-refractivity contribution < 1.29 is 4.74 Å². The number of hydrogen-bond acceptors (Lipinski definition) is 3. The van der Waals surface area contributed by atoms with E-state index in [2.05, 4.69) is 28.8 Å². The fourth-order valence-electron chi connectivity index (χ4n) is 2.50. The number of benzene rings is 1. The van der Waals surface area contributed by atoms with Gasteiger partial charge in [0.25, 0.3) is 0 Å². The molecule has 0 spiro atoms. The van der Waals surface area contributed by atoms with Crippen LogP contribution in [0.25, 0.3) is 0 Å². The quantitative estimate of drug-likeness (QED) is 0.802. The van der Waals surface area contributed by atoms with Gasteiger partial charge in [-0.15, -0.1) is 0 Å². The van der Waals surface area contributed by atoms with Crippen LogP contribution in [0, 0.1) is 5.92 Å². The third-order valence-electron chi connectivity index (χ3n) is 3.48. The van der Waals surface area contributed by atoms with Gasteiger partial charge in [0, 0.05) is 31.1 Å². The normalized spacial score (nSPS) is 23.4. The summed E-state index contributed by atoms with van der Waals surface area (Å²) in [4.78, 5) is 0. The topological polar surface area (TPSA) is 33.3 Å². The highest BCUT2D eigenvalue weighted by Gasteiger charge is 2.18. The molecule has 1 aromatic rings. The van der Waals surface area contributed by atoms with E-state index in [1.165, 1.54) is 17.5 Å². The van der Waals surface area contributed by atoms with Crippen LogP contribution in [0.1, 0.15) is 17.5 Å². The molecule has 0 amide bonds. The van der Waals surface area contributed by atoms with Crippen LogP contribution >= 0.6 is 0 Å². The second-order valence-corrected chi connectivity index (χ2v) is 4.67. The van der Waals surface area contributed by atoms with E-state index in [-0.39, 0.29) is 0 Å². The molecule has 3 nitrogen and oxygen atoms in total. The average Bonchev–Trinajstić information content (AvgIpc) is 2.97. The molecule has 0 radical (unpaired) electrons. The average molecular weight is 218 g/mol. The smallest absolute Gasteiger partial charge is 0.124 e. The number of hydrogen-bond donors (Lipinski definition) is 2. The van der Waals surface area contributed by atoms with Crippen LogP contribution in [-0.4, -0.2) is 19.7 Å². The van der Waals surface area contributed by atoms with E-state index < -0.39 is 0 Å². The Bertz CT molecular complexity index is 372. The first-order valence-electron chi connectivity index (χ1n) is 6.08. The van der Waals surface area contributed by atoms with Gasteiger partial charge in [0.1, 0.15) is 5.75 Å². The van der Waals surface area contributed by atoms with E-state index in [1.807, 2.05) is 0 Å². The minimum Gasteiger partial charge on any atom is -0.493 e. The van der Waals surface area contributed by atoms with Crippen LogP contribution in [0.3, 0.4) is 0 Å². The van der Waals surface area contributed by atoms with Crippen LogP contribution in [0.2, 0.25) is 0 Å². The van der Waals surface area contributed by atoms with E-state index in [4.69, 9.17) is 4.74 Å². The summed E-state index contributed by atoms with van der Waals surface area (Å²) in [6.45, 7) is 5.03. The van der Waals surface area contributed by atoms with Crippen molar-refractivity contribution in [3.63, 3.8) is 0 Å². The first-order valence-corrected chi connectivity index (χ1v) is 6.08. The maximum absolute atomic E-state index is 5.95. The highest BCUT2D eigenvalue weighted by molar-refractivity contribution is 5.42. The second kappa shape index (κ2) is 4.44. The molecule has 1 saturated heterocycles. The molecule has 1 atom stereocenters.